The van der Waals surface area contributed by atoms with E-state index in [9.17, 15) is 4.79 Å². The van der Waals surface area contributed by atoms with Gasteiger partial charge in [0.2, 0.25) is 0 Å². The fraction of sp³-hybridized carbons (Fsp3) is 0.333. The van der Waals surface area contributed by atoms with Crippen molar-refractivity contribution >= 4 is 35.8 Å². The summed E-state index contributed by atoms with van der Waals surface area (Å²) in [6.07, 6.45) is 3.75. The number of benzene rings is 1. The highest BCUT2D eigenvalue weighted by Gasteiger charge is 2.07. The number of aliphatic imine (C=N–C) groups is 1. The van der Waals surface area contributed by atoms with Gasteiger partial charge in [-0.25, -0.2) is 4.99 Å². The molecule has 4 N–H and O–H groups in total. The number of halogens is 1. The number of hydrogen-bond acceptors (Lipinski definition) is 3. The molecule has 0 radical (unpaired) electrons. The van der Waals surface area contributed by atoms with E-state index in [0.717, 1.165) is 30.7 Å². The van der Waals surface area contributed by atoms with Crippen molar-refractivity contribution in [3.63, 3.8) is 0 Å². The SMILES string of the molecule is CCCCNC(N)=NCc1cccc(C(=O)NCc2ccco2)c1.I. The van der Waals surface area contributed by atoms with Gasteiger partial charge in [-0.15, -0.1) is 24.0 Å². The Morgan fingerprint density at radius 1 is 1.24 bits per heavy atom. The van der Waals surface area contributed by atoms with Crippen LogP contribution in [0.5, 0.6) is 0 Å². The molecule has 1 aromatic carbocycles. The van der Waals surface area contributed by atoms with E-state index >= 15 is 0 Å². The lowest BCUT2D eigenvalue weighted by molar-refractivity contribution is 0.0948. The van der Waals surface area contributed by atoms with Gasteiger partial charge in [-0.1, -0.05) is 25.5 Å². The topological polar surface area (TPSA) is 92.6 Å². The van der Waals surface area contributed by atoms with Gasteiger partial charge in [0.05, 0.1) is 19.4 Å². The number of unbranched alkanes of at least 4 members (excludes halogenated alkanes) is 1. The van der Waals surface area contributed by atoms with Crippen molar-refractivity contribution in [3.8, 4) is 0 Å². The lowest BCUT2D eigenvalue weighted by Gasteiger charge is -2.06. The van der Waals surface area contributed by atoms with E-state index < -0.39 is 0 Å². The number of nitrogens with one attached hydrogen (secondary N) is 2. The van der Waals surface area contributed by atoms with Crippen molar-refractivity contribution in [2.24, 2.45) is 10.7 Å². The Balaban J connectivity index is 0.00000312. The maximum absolute atomic E-state index is 12.2. The molecule has 1 amide bonds. The van der Waals surface area contributed by atoms with Crippen LogP contribution in [0.15, 0.2) is 52.1 Å². The summed E-state index contributed by atoms with van der Waals surface area (Å²) in [5, 5.41) is 5.89. The van der Waals surface area contributed by atoms with Crippen LogP contribution in [-0.4, -0.2) is 18.4 Å². The molecule has 2 rings (SSSR count). The predicted molar refractivity (Wildman–Crippen MR) is 110 cm³/mol. The van der Waals surface area contributed by atoms with Crippen LogP contribution in [-0.2, 0) is 13.1 Å². The molecular formula is C18H25IN4O2. The van der Waals surface area contributed by atoms with Gasteiger partial charge in [0, 0.05) is 12.1 Å². The number of rotatable bonds is 8. The van der Waals surface area contributed by atoms with Gasteiger partial charge in [-0.2, -0.15) is 0 Å². The second-order valence-electron chi connectivity index (χ2n) is 5.44. The minimum Gasteiger partial charge on any atom is -0.467 e. The molecule has 0 saturated carbocycles. The molecule has 136 valence electrons. The largest absolute Gasteiger partial charge is 0.467 e. The number of carbonyl (C=O) groups excluding carboxylic acids is 1. The molecule has 0 unspecified atom stereocenters. The summed E-state index contributed by atoms with van der Waals surface area (Å²) in [5.74, 6) is 0.998. The third-order valence-corrected chi connectivity index (χ3v) is 3.46. The van der Waals surface area contributed by atoms with Crippen LogP contribution in [0.3, 0.4) is 0 Å². The van der Waals surface area contributed by atoms with Crippen molar-refractivity contribution in [3.05, 3.63) is 59.5 Å². The molecule has 1 heterocycles. The Morgan fingerprint density at radius 3 is 2.80 bits per heavy atom. The number of carbonyl (C=O) groups is 1. The number of nitrogens with two attached hydrogens (primary N) is 1. The first-order valence-electron chi connectivity index (χ1n) is 8.12. The van der Waals surface area contributed by atoms with Crippen molar-refractivity contribution in [1.29, 1.82) is 0 Å². The zero-order valence-electron chi connectivity index (χ0n) is 14.3. The van der Waals surface area contributed by atoms with Crippen molar-refractivity contribution in [2.45, 2.75) is 32.9 Å². The normalized spacial score (nSPS) is 10.8. The first-order chi connectivity index (χ1) is 11.7. The highest BCUT2D eigenvalue weighted by molar-refractivity contribution is 14.0. The van der Waals surface area contributed by atoms with E-state index in [1.54, 1.807) is 18.4 Å². The van der Waals surface area contributed by atoms with Crippen LogP contribution in [0.2, 0.25) is 0 Å². The number of amides is 1. The first-order valence-corrected chi connectivity index (χ1v) is 8.12. The van der Waals surface area contributed by atoms with Crippen LogP contribution >= 0.6 is 24.0 Å². The Morgan fingerprint density at radius 2 is 2.08 bits per heavy atom. The van der Waals surface area contributed by atoms with Crippen LogP contribution in [0.4, 0.5) is 0 Å². The summed E-state index contributed by atoms with van der Waals surface area (Å²) in [6, 6.07) is 11.0. The Labute approximate surface area is 165 Å². The van der Waals surface area contributed by atoms with Gasteiger partial charge in [0.1, 0.15) is 5.76 Å². The Bertz CT molecular complexity index is 671. The van der Waals surface area contributed by atoms with Gasteiger partial charge >= 0.3 is 0 Å². The zero-order chi connectivity index (χ0) is 17.2. The molecule has 0 aliphatic rings. The van der Waals surface area contributed by atoms with E-state index in [1.165, 1.54) is 0 Å². The van der Waals surface area contributed by atoms with Crippen molar-refractivity contribution in [2.75, 3.05) is 6.54 Å². The fourth-order valence-corrected chi connectivity index (χ4v) is 2.12. The molecule has 6 nitrogen and oxygen atoms in total. The predicted octanol–water partition coefficient (Wildman–Crippen LogP) is 3.03. The van der Waals surface area contributed by atoms with Gasteiger partial charge in [0.15, 0.2) is 5.96 Å². The molecule has 1 aromatic heterocycles. The molecular weight excluding hydrogens is 431 g/mol. The van der Waals surface area contributed by atoms with E-state index in [-0.39, 0.29) is 29.9 Å². The van der Waals surface area contributed by atoms with Gasteiger partial charge < -0.3 is 20.8 Å². The lowest BCUT2D eigenvalue weighted by Crippen LogP contribution is -2.32. The summed E-state index contributed by atoms with van der Waals surface area (Å²) in [7, 11) is 0. The van der Waals surface area contributed by atoms with E-state index in [0.29, 0.717) is 24.6 Å². The molecule has 25 heavy (non-hydrogen) atoms. The highest BCUT2D eigenvalue weighted by atomic mass is 127. The van der Waals surface area contributed by atoms with E-state index in [1.807, 2.05) is 24.3 Å². The maximum Gasteiger partial charge on any atom is 0.251 e. The summed E-state index contributed by atoms with van der Waals surface area (Å²) < 4.78 is 5.20. The highest BCUT2D eigenvalue weighted by Crippen LogP contribution is 2.07. The number of furan rings is 1. The quantitative estimate of drug-likeness (QED) is 0.247. The minimum absolute atomic E-state index is 0. The third-order valence-electron chi connectivity index (χ3n) is 3.46. The standard InChI is InChI=1S/C18H24N4O2.HI/c1-2-3-9-20-18(19)22-12-14-6-4-7-15(11-14)17(23)21-13-16-8-5-10-24-16;/h4-8,10-11H,2-3,9,12-13H2,1H3,(H,21,23)(H3,19,20,22);1H. The smallest absolute Gasteiger partial charge is 0.251 e. The van der Waals surface area contributed by atoms with Crippen LogP contribution in [0.1, 0.15) is 41.4 Å². The average Bonchev–Trinajstić information content (AvgIpc) is 3.12. The van der Waals surface area contributed by atoms with Gasteiger partial charge in [-0.3, -0.25) is 4.79 Å². The monoisotopic (exact) mass is 456 g/mol. The third kappa shape index (κ3) is 7.59. The van der Waals surface area contributed by atoms with Crippen LogP contribution < -0.4 is 16.4 Å². The summed E-state index contributed by atoms with van der Waals surface area (Å²) in [5.41, 5.74) is 7.33. The molecule has 0 saturated heterocycles. The van der Waals surface area contributed by atoms with Gasteiger partial charge in [-0.05, 0) is 36.2 Å². The zero-order valence-corrected chi connectivity index (χ0v) is 16.7. The van der Waals surface area contributed by atoms with E-state index in [2.05, 4.69) is 22.5 Å². The van der Waals surface area contributed by atoms with E-state index in [4.69, 9.17) is 10.2 Å². The second-order valence-corrected chi connectivity index (χ2v) is 5.44. The van der Waals surface area contributed by atoms with Crippen LogP contribution in [0.25, 0.3) is 0 Å². The average molecular weight is 456 g/mol. The van der Waals surface area contributed by atoms with Gasteiger partial charge in [0.25, 0.3) is 5.91 Å². The van der Waals surface area contributed by atoms with Crippen molar-refractivity contribution < 1.29 is 9.21 Å². The van der Waals surface area contributed by atoms with Crippen molar-refractivity contribution in [1.82, 2.24) is 10.6 Å². The molecule has 7 heteroatoms. The fourth-order valence-electron chi connectivity index (χ4n) is 2.12. The summed E-state index contributed by atoms with van der Waals surface area (Å²) in [6.45, 7) is 3.74. The lowest BCUT2D eigenvalue weighted by atomic mass is 10.1. The maximum atomic E-state index is 12.2. The summed E-state index contributed by atoms with van der Waals surface area (Å²) >= 11 is 0. The molecule has 0 fully saturated rings. The molecule has 0 aliphatic heterocycles. The first kappa shape index (κ1) is 21.0. The molecule has 0 aliphatic carbocycles. The molecule has 0 bridgehead atoms. The number of guanidine groups is 1. The van der Waals surface area contributed by atoms with Crippen LogP contribution in [0, 0.1) is 0 Å². The Hall–Kier alpha value is -2.03. The molecule has 2 aromatic rings. The number of hydrogen-bond donors (Lipinski definition) is 3. The molecule has 0 spiro atoms. The Kier molecular flexibility index (Phi) is 9.68. The second kappa shape index (κ2) is 11.5. The number of nitrogens with zero attached hydrogens (tertiary/aromatic N) is 1. The molecule has 0 atom stereocenters. The minimum atomic E-state index is -0.147. The summed E-state index contributed by atoms with van der Waals surface area (Å²) in [4.78, 5) is 16.5.